The largest absolute Gasteiger partial charge is 0.480 e. The third kappa shape index (κ3) is 3.61. The minimum Gasteiger partial charge on any atom is -0.480 e. The van der Waals surface area contributed by atoms with Crippen molar-refractivity contribution in [1.82, 2.24) is 9.88 Å². The molecule has 0 bridgehead atoms. The van der Waals surface area contributed by atoms with Crippen LogP contribution in [0.25, 0.3) is 0 Å². The number of terminal acetylenes is 1. The fourth-order valence-electron chi connectivity index (χ4n) is 2.01. The first-order chi connectivity index (χ1) is 10.7. The van der Waals surface area contributed by atoms with E-state index in [0.717, 1.165) is 5.56 Å². The van der Waals surface area contributed by atoms with Crippen molar-refractivity contribution in [3.8, 4) is 18.2 Å². The van der Waals surface area contributed by atoms with Gasteiger partial charge in [0.1, 0.15) is 11.4 Å². The first-order valence-corrected chi connectivity index (χ1v) is 6.62. The maximum absolute atomic E-state index is 13.0. The van der Waals surface area contributed by atoms with Crippen LogP contribution >= 0.6 is 0 Å². The van der Waals surface area contributed by atoms with Crippen LogP contribution in [0.15, 0.2) is 42.6 Å². The molecule has 0 radical (unpaired) electrons. The van der Waals surface area contributed by atoms with Gasteiger partial charge in [0.2, 0.25) is 5.88 Å². The predicted molar refractivity (Wildman–Crippen MR) is 80.8 cm³/mol. The molecule has 0 unspecified atom stereocenters. The third-order valence-corrected chi connectivity index (χ3v) is 3.05. The van der Waals surface area contributed by atoms with Gasteiger partial charge in [-0.2, -0.15) is 0 Å². The molecule has 0 atom stereocenters. The van der Waals surface area contributed by atoms with E-state index in [1.165, 1.54) is 24.1 Å². The van der Waals surface area contributed by atoms with E-state index in [4.69, 9.17) is 11.2 Å². The van der Waals surface area contributed by atoms with Crippen LogP contribution in [0.3, 0.4) is 0 Å². The standard InChI is InChI=1S/C17H15FN2O2/c1-3-11-20(12-13-6-8-14(18)9-7-13)17(21)15-5-4-10-19-16(15)22-2/h1,4-10H,11-12H2,2H3. The molecule has 112 valence electrons. The Morgan fingerprint density at radius 1 is 1.36 bits per heavy atom. The summed E-state index contributed by atoms with van der Waals surface area (Å²) in [5, 5.41) is 0. The highest BCUT2D eigenvalue weighted by Crippen LogP contribution is 2.17. The summed E-state index contributed by atoms with van der Waals surface area (Å²) in [6, 6.07) is 9.21. The molecule has 22 heavy (non-hydrogen) atoms. The number of amides is 1. The fraction of sp³-hybridized carbons (Fsp3) is 0.176. The topological polar surface area (TPSA) is 42.4 Å². The molecule has 1 aromatic carbocycles. The van der Waals surface area contributed by atoms with Crippen LogP contribution in [0.2, 0.25) is 0 Å². The first-order valence-electron chi connectivity index (χ1n) is 6.62. The number of carbonyl (C=O) groups excluding carboxylic acids is 1. The first kappa shape index (κ1) is 15.5. The van der Waals surface area contributed by atoms with Crippen molar-refractivity contribution in [1.29, 1.82) is 0 Å². The van der Waals surface area contributed by atoms with Crippen molar-refractivity contribution in [2.24, 2.45) is 0 Å². The molecule has 5 heteroatoms. The Morgan fingerprint density at radius 3 is 2.73 bits per heavy atom. The van der Waals surface area contributed by atoms with Gasteiger partial charge in [-0.3, -0.25) is 4.79 Å². The van der Waals surface area contributed by atoms with Gasteiger partial charge in [0, 0.05) is 12.7 Å². The lowest BCUT2D eigenvalue weighted by Crippen LogP contribution is -2.31. The zero-order valence-corrected chi connectivity index (χ0v) is 12.1. The van der Waals surface area contributed by atoms with Gasteiger partial charge in [0.05, 0.1) is 13.7 Å². The van der Waals surface area contributed by atoms with E-state index in [-0.39, 0.29) is 30.7 Å². The summed E-state index contributed by atoms with van der Waals surface area (Å²) in [4.78, 5) is 18.1. The molecular weight excluding hydrogens is 283 g/mol. The minimum atomic E-state index is -0.326. The summed E-state index contributed by atoms with van der Waals surface area (Å²) >= 11 is 0. The van der Waals surface area contributed by atoms with E-state index in [1.807, 2.05) is 0 Å². The van der Waals surface area contributed by atoms with Crippen LogP contribution in [0.5, 0.6) is 5.88 Å². The lowest BCUT2D eigenvalue weighted by atomic mass is 10.1. The van der Waals surface area contributed by atoms with Crippen LogP contribution in [0.4, 0.5) is 4.39 Å². The third-order valence-electron chi connectivity index (χ3n) is 3.05. The van der Waals surface area contributed by atoms with Gasteiger partial charge >= 0.3 is 0 Å². The Labute approximate surface area is 128 Å². The molecule has 0 saturated heterocycles. The lowest BCUT2D eigenvalue weighted by Gasteiger charge is -2.21. The molecule has 0 aliphatic carbocycles. The van der Waals surface area contributed by atoms with Crippen molar-refractivity contribution in [3.63, 3.8) is 0 Å². The summed E-state index contributed by atoms with van der Waals surface area (Å²) in [5.41, 5.74) is 1.12. The molecule has 2 rings (SSSR count). The molecule has 2 aromatic rings. The van der Waals surface area contributed by atoms with Crippen molar-refractivity contribution in [2.45, 2.75) is 6.54 Å². The zero-order chi connectivity index (χ0) is 15.9. The van der Waals surface area contributed by atoms with Crippen molar-refractivity contribution < 1.29 is 13.9 Å². The van der Waals surface area contributed by atoms with Crippen molar-refractivity contribution in [3.05, 3.63) is 59.5 Å². The van der Waals surface area contributed by atoms with E-state index >= 15 is 0 Å². The average molecular weight is 298 g/mol. The number of hydrogen-bond acceptors (Lipinski definition) is 3. The van der Waals surface area contributed by atoms with E-state index in [2.05, 4.69) is 10.9 Å². The van der Waals surface area contributed by atoms with Gasteiger partial charge in [0.15, 0.2) is 0 Å². The van der Waals surface area contributed by atoms with E-state index in [1.54, 1.807) is 30.5 Å². The normalized spacial score (nSPS) is 9.86. The summed E-state index contributed by atoms with van der Waals surface area (Å²) in [6.45, 7) is 0.412. The molecule has 0 fully saturated rings. The number of rotatable bonds is 5. The SMILES string of the molecule is C#CCN(Cc1ccc(F)cc1)C(=O)c1cccnc1OC. The number of ether oxygens (including phenoxy) is 1. The molecule has 0 spiro atoms. The highest BCUT2D eigenvalue weighted by Gasteiger charge is 2.19. The number of halogens is 1. The van der Waals surface area contributed by atoms with E-state index < -0.39 is 0 Å². The van der Waals surface area contributed by atoms with Crippen LogP contribution in [0.1, 0.15) is 15.9 Å². The lowest BCUT2D eigenvalue weighted by molar-refractivity contribution is 0.0761. The average Bonchev–Trinajstić information content (AvgIpc) is 2.55. The van der Waals surface area contributed by atoms with Crippen molar-refractivity contribution in [2.75, 3.05) is 13.7 Å². The van der Waals surface area contributed by atoms with Crippen LogP contribution in [0, 0.1) is 18.2 Å². The minimum absolute atomic E-state index is 0.133. The van der Waals surface area contributed by atoms with Gasteiger partial charge in [0.25, 0.3) is 5.91 Å². The Kier molecular flexibility index (Phi) is 5.10. The number of aromatic nitrogens is 1. The predicted octanol–water partition coefficient (Wildman–Crippen LogP) is 2.50. The number of nitrogens with zero attached hydrogens (tertiary/aromatic N) is 2. The molecule has 1 aromatic heterocycles. The highest BCUT2D eigenvalue weighted by molar-refractivity contribution is 5.96. The Bertz CT molecular complexity index is 693. The quantitative estimate of drug-likeness (QED) is 0.797. The molecule has 0 N–H and O–H groups in total. The monoisotopic (exact) mass is 298 g/mol. The van der Waals surface area contributed by atoms with Crippen LogP contribution in [-0.2, 0) is 6.54 Å². The van der Waals surface area contributed by atoms with Crippen LogP contribution in [-0.4, -0.2) is 29.4 Å². The van der Waals surface area contributed by atoms with E-state index in [9.17, 15) is 9.18 Å². The molecule has 0 aliphatic heterocycles. The maximum atomic E-state index is 13.0. The molecule has 4 nitrogen and oxygen atoms in total. The molecule has 0 aliphatic rings. The Hall–Kier alpha value is -2.87. The maximum Gasteiger partial charge on any atom is 0.260 e. The molecule has 0 saturated carbocycles. The molecule has 1 amide bonds. The van der Waals surface area contributed by atoms with Crippen molar-refractivity contribution >= 4 is 5.91 Å². The van der Waals surface area contributed by atoms with E-state index in [0.29, 0.717) is 5.56 Å². The van der Waals surface area contributed by atoms with Crippen LogP contribution < -0.4 is 4.74 Å². The summed E-state index contributed by atoms with van der Waals surface area (Å²) in [6.07, 6.45) is 6.89. The van der Waals surface area contributed by atoms with Gasteiger partial charge in [-0.25, -0.2) is 9.37 Å². The second-order valence-electron chi connectivity index (χ2n) is 4.55. The summed E-state index contributed by atoms with van der Waals surface area (Å²) in [5.74, 6) is 2.09. The number of benzene rings is 1. The number of methoxy groups -OCH3 is 1. The van der Waals surface area contributed by atoms with Gasteiger partial charge < -0.3 is 9.64 Å². The second kappa shape index (κ2) is 7.23. The van der Waals surface area contributed by atoms with Gasteiger partial charge in [-0.05, 0) is 29.8 Å². The molecule has 1 heterocycles. The highest BCUT2D eigenvalue weighted by atomic mass is 19.1. The number of pyridine rings is 1. The molecular formula is C17H15FN2O2. The Morgan fingerprint density at radius 2 is 2.09 bits per heavy atom. The van der Waals surface area contributed by atoms with Gasteiger partial charge in [-0.15, -0.1) is 6.42 Å². The summed E-state index contributed by atoms with van der Waals surface area (Å²) in [7, 11) is 1.45. The zero-order valence-electron chi connectivity index (χ0n) is 12.1. The Balaban J connectivity index is 2.25. The second-order valence-corrected chi connectivity index (χ2v) is 4.55. The fourth-order valence-corrected chi connectivity index (χ4v) is 2.01. The summed E-state index contributed by atoms with van der Waals surface area (Å²) < 4.78 is 18.1. The number of hydrogen-bond donors (Lipinski definition) is 0. The van der Waals surface area contributed by atoms with Gasteiger partial charge in [-0.1, -0.05) is 18.1 Å². The number of carbonyl (C=O) groups is 1. The smallest absolute Gasteiger partial charge is 0.260 e.